The van der Waals surface area contributed by atoms with Crippen molar-refractivity contribution in [2.75, 3.05) is 18.1 Å². The molecule has 4 heteroatoms. The van der Waals surface area contributed by atoms with Crippen LogP contribution in [0.4, 0.5) is 0 Å². The van der Waals surface area contributed by atoms with E-state index in [1.54, 1.807) is 0 Å². The third kappa shape index (κ3) is 3.79. The fraction of sp³-hybridized carbons (Fsp3) is 0.778. The summed E-state index contributed by atoms with van der Waals surface area (Å²) in [6.45, 7) is 0.394. The molecule has 74 valence electrons. The lowest BCUT2D eigenvalue weighted by atomic mass is 9.99. The van der Waals surface area contributed by atoms with Gasteiger partial charge in [-0.15, -0.1) is 5.92 Å². The van der Waals surface area contributed by atoms with Crippen molar-refractivity contribution >= 4 is 9.84 Å². The summed E-state index contributed by atoms with van der Waals surface area (Å²) in [5, 5.41) is 0. The van der Waals surface area contributed by atoms with Gasteiger partial charge in [0.05, 0.1) is 18.1 Å². The topological polar surface area (TPSA) is 60.2 Å². The molecule has 0 bridgehead atoms. The van der Waals surface area contributed by atoms with Crippen molar-refractivity contribution in [2.24, 2.45) is 11.7 Å². The van der Waals surface area contributed by atoms with E-state index in [-0.39, 0.29) is 0 Å². The molecule has 0 amide bonds. The van der Waals surface area contributed by atoms with E-state index >= 15 is 0 Å². The Morgan fingerprint density at radius 2 is 1.85 bits per heavy atom. The highest BCUT2D eigenvalue weighted by molar-refractivity contribution is 7.91. The van der Waals surface area contributed by atoms with E-state index in [4.69, 9.17) is 5.73 Å². The summed E-state index contributed by atoms with van der Waals surface area (Å²) in [6, 6.07) is 0. The zero-order chi connectivity index (χ0) is 9.73. The first-order chi connectivity index (χ1) is 6.14. The number of sulfone groups is 1. The predicted octanol–water partition coefficient (Wildman–Crippen LogP) is 0.163. The number of rotatable bonds is 1. The largest absolute Gasteiger partial charge is 0.320 e. The minimum absolute atomic E-state index is 0.335. The van der Waals surface area contributed by atoms with Gasteiger partial charge in [-0.3, -0.25) is 0 Å². The monoisotopic (exact) mass is 201 g/mol. The van der Waals surface area contributed by atoms with E-state index < -0.39 is 9.84 Å². The SMILES string of the molecule is NCC#CCC1CCS(=O)(=O)CC1. The fourth-order valence-corrected chi connectivity index (χ4v) is 3.02. The maximum absolute atomic E-state index is 11.1. The normalized spacial score (nSPS) is 21.9. The highest BCUT2D eigenvalue weighted by Crippen LogP contribution is 2.21. The summed E-state index contributed by atoms with van der Waals surface area (Å²) in [5.41, 5.74) is 5.22. The Balaban J connectivity index is 2.33. The molecule has 1 aliphatic heterocycles. The van der Waals surface area contributed by atoms with Gasteiger partial charge in [-0.25, -0.2) is 8.42 Å². The molecule has 0 aromatic rings. The van der Waals surface area contributed by atoms with Crippen LogP contribution in [0, 0.1) is 17.8 Å². The highest BCUT2D eigenvalue weighted by Gasteiger charge is 2.22. The van der Waals surface area contributed by atoms with Crippen molar-refractivity contribution in [3.05, 3.63) is 0 Å². The fourth-order valence-electron chi connectivity index (χ4n) is 1.43. The summed E-state index contributed by atoms with van der Waals surface area (Å²) < 4.78 is 22.1. The van der Waals surface area contributed by atoms with Crippen LogP contribution in [0.1, 0.15) is 19.3 Å². The van der Waals surface area contributed by atoms with Gasteiger partial charge in [0.25, 0.3) is 0 Å². The second-order valence-corrected chi connectivity index (χ2v) is 5.66. The molecule has 0 aliphatic carbocycles. The molecule has 1 heterocycles. The van der Waals surface area contributed by atoms with Crippen LogP contribution in [-0.2, 0) is 9.84 Å². The molecule has 0 aromatic carbocycles. The zero-order valence-corrected chi connectivity index (χ0v) is 8.44. The van der Waals surface area contributed by atoms with E-state index in [9.17, 15) is 8.42 Å². The van der Waals surface area contributed by atoms with Crippen molar-refractivity contribution in [3.63, 3.8) is 0 Å². The summed E-state index contributed by atoms with van der Waals surface area (Å²) >= 11 is 0. The number of hydrogen-bond donors (Lipinski definition) is 1. The van der Waals surface area contributed by atoms with Gasteiger partial charge in [0.15, 0.2) is 0 Å². The van der Waals surface area contributed by atoms with Crippen molar-refractivity contribution < 1.29 is 8.42 Å². The maximum atomic E-state index is 11.1. The molecular weight excluding hydrogens is 186 g/mol. The molecule has 2 N–H and O–H groups in total. The lowest BCUT2D eigenvalue weighted by molar-refractivity contribution is 0.475. The van der Waals surface area contributed by atoms with Crippen LogP contribution in [0.2, 0.25) is 0 Å². The van der Waals surface area contributed by atoms with Crippen LogP contribution >= 0.6 is 0 Å². The Morgan fingerprint density at radius 3 is 2.38 bits per heavy atom. The first-order valence-electron chi connectivity index (χ1n) is 4.50. The molecule has 1 aliphatic rings. The molecule has 1 rings (SSSR count). The van der Waals surface area contributed by atoms with Crippen LogP contribution < -0.4 is 5.73 Å². The molecule has 0 saturated carbocycles. The Hall–Kier alpha value is -0.530. The van der Waals surface area contributed by atoms with Gasteiger partial charge < -0.3 is 5.73 Å². The van der Waals surface area contributed by atoms with E-state index in [2.05, 4.69) is 11.8 Å². The summed E-state index contributed by atoms with van der Waals surface area (Å²) in [4.78, 5) is 0. The van der Waals surface area contributed by atoms with Crippen LogP contribution in [0.15, 0.2) is 0 Å². The summed E-state index contributed by atoms with van der Waals surface area (Å²) in [7, 11) is -2.72. The van der Waals surface area contributed by atoms with Crippen molar-refractivity contribution in [1.82, 2.24) is 0 Å². The third-order valence-corrected chi connectivity index (χ3v) is 4.01. The van der Waals surface area contributed by atoms with Crippen LogP contribution in [0.25, 0.3) is 0 Å². The van der Waals surface area contributed by atoms with E-state index in [1.807, 2.05) is 0 Å². The molecule has 1 fully saturated rings. The Labute approximate surface area is 79.6 Å². The zero-order valence-electron chi connectivity index (χ0n) is 7.62. The number of nitrogens with two attached hydrogens (primary N) is 1. The van der Waals surface area contributed by atoms with Crippen LogP contribution in [0.3, 0.4) is 0 Å². The first kappa shape index (κ1) is 10.6. The molecule has 3 nitrogen and oxygen atoms in total. The van der Waals surface area contributed by atoms with Crippen LogP contribution in [-0.4, -0.2) is 26.5 Å². The van der Waals surface area contributed by atoms with E-state index in [1.165, 1.54) is 0 Å². The molecular formula is C9H15NO2S. The first-order valence-corrected chi connectivity index (χ1v) is 6.32. The maximum Gasteiger partial charge on any atom is 0.150 e. The second kappa shape index (κ2) is 4.64. The van der Waals surface area contributed by atoms with Gasteiger partial charge >= 0.3 is 0 Å². The van der Waals surface area contributed by atoms with Gasteiger partial charge in [0.1, 0.15) is 9.84 Å². The smallest absolute Gasteiger partial charge is 0.150 e. The molecule has 1 saturated heterocycles. The second-order valence-electron chi connectivity index (χ2n) is 3.36. The molecule has 0 unspecified atom stereocenters. The quantitative estimate of drug-likeness (QED) is 0.615. The van der Waals surface area contributed by atoms with E-state index in [0.717, 1.165) is 19.3 Å². The lowest BCUT2D eigenvalue weighted by Gasteiger charge is -2.19. The minimum Gasteiger partial charge on any atom is -0.320 e. The Bertz CT molecular complexity index is 296. The number of hydrogen-bond acceptors (Lipinski definition) is 3. The molecule has 0 radical (unpaired) electrons. The lowest BCUT2D eigenvalue weighted by Crippen LogP contribution is -2.22. The van der Waals surface area contributed by atoms with Gasteiger partial charge in [-0.1, -0.05) is 5.92 Å². The van der Waals surface area contributed by atoms with Crippen molar-refractivity contribution in [3.8, 4) is 11.8 Å². The van der Waals surface area contributed by atoms with Gasteiger partial charge in [-0.05, 0) is 18.8 Å². The standard InChI is InChI=1S/C9H15NO2S/c10-6-2-1-3-9-4-7-13(11,12)8-5-9/h9H,3-8,10H2. The average Bonchev–Trinajstić information content (AvgIpc) is 2.08. The van der Waals surface area contributed by atoms with Gasteiger partial charge in [0, 0.05) is 6.42 Å². The molecule has 0 spiro atoms. The predicted molar refractivity (Wildman–Crippen MR) is 52.8 cm³/mol. The summed E-state index contributed by atoms with van der Waals surface area (Å²) in [6.07, 6.45) is 2.33. The summed E-state index contributed by atoms with van der Waals surface area (Å²) in [5.74, 6) is 6.89. The Kier molecular flexibility index (Phi) is 3.76. The minimum atomic E-state index is -2.72. The van der Waals surface area contributed by atoms with Crippen LogP contribution in [0.5, 0.6) is 0 Å². The van der Waals surface area contributed by atoms with Gasteiger partial charge in [0.2, 0.25) is 0 Å². The third-order valence-electron chi connectivity index (χ3n) is 2.29. The van der Waals surface area contributed by atoms with Crippen molar-refractivity contribution in [1.29, 1.82) is 0 Å². The highest BCUT2D eigenvalue weighted by atomic mass is 32.2. The average molecular weight is 201 g/mol. The molecule has 13 heavy (non-hydrogen) atoms. The Morgan fingerprint density at radius 1 is 1.23 bits per heavy atom. The van der Waals surface area contributed by atoms with Crippen molar-refractivity contribution in [2.45, 2.75) is 19.3 Å². The molecule has 0 aromatic heterocycles. The van der Waals surface area contributed by atoms with E-state index in [0.29, 0.717) is 24.0 Å². The van der Waals surface area contributed by atoms with Gasteiger partial charge in [-0.2, -0.15) is 0 Å². The molecule has 0 atom stereocenters.